The average molecular weight is 230 g/mol. The minimum absolute atomic E-state index is 0.988. The molecule has 0 spiro atoms. The molecule has 0 amide bonds. The van der Waals surface area contributed by atoms with Crippen LogP contribution in [0.1, 0.15) is 11.3 Å². The highest BCUT2D eigenvalue weighted by Gasteiger charge is 2.13. The third-order valence-electron chi connectivity index (χ3n) is 2.30. The molecule has 3 nitrogen and oxygen atoms in total. The number of nitrogens with zero attached hydrogens (tertiary/aromatic N) is 2. The lowest BCUT2D eigenvalue weighted by molar-refractivity contribution is 0.586. The van der Waals surface area contributed by atoms with Crippen molar-refractivity contribution in [3.63, 3.8) is 0 Å². The van der Waals surface area contributed by atoms with Crippen molar-refractivity contribution in [3.05, 3.63) is 15.9 Å². The fourth-order valence-electron chi connectivity index (χ4n) is 1.57. The normalized spacial score (nSPS) is 17.2. The first kappa shape index (κ1) is 8.26. The van der Waals surface area contributed by atoms with Crippen LogP contribution in [0.5, 0.6) is 0 Å². The lowest BCUT2D eigenvalue weighted by atomic mass is 10.2. The Bertz CT molecular complexity index is 293. The largest absolute Gasteiger partial charge is 0.315 e. The molecule has 1 aromatic heterocycles. The fourth-order valence-corrected chi connectivity index (χ4v) is 1.99. The Labute approximate surface area is 80.3 Å². The van der Waals surface area contributed by atoms with Gasteiger partial charge in [0.05, 0.1) is 6.54 Å². The molecule has 0 aromatic carbocycles. The molecule has 1 aliphatic rings. The van der Waals surface area contributed by atoms with Gasteiger partial charge in [-0.3, -0.25) is 4.68 Å². The van der Waals surface area contributed by atoms with Crippen LogP contribution in [0.3, 0.4) is 0 Å². The number of rotatable bonds is 0. The van der Waals surface area contributed by atoms with Crippen molar-refractivity contribution in [3.8, 4) is 0 Å². The Morgan fingerprint density at radius 3 is 3.17 bits per heavy atom. The zero-order valence-electron chi connectivity index (χ0n) is 7.10. The van der Waals surface area contributed by atoms with Gasteiger partial charge >= 0.3 is 0 Å². The van der Waals surface area contributed by atoms with Crippen LogP contribution in [0.25, 0.3) is 0 Å². The fraction of sp³-hybridized carbons (Fsp3) is 0.625. The first-order chi connectivity index (χ1) is 5.79. The highest BCUT2D eigenvalue weighted by atomic mass is 79.9. The first-order valence-electron chi connectivity index (χ1n) is 4.21. The van der Waals surface area contributed by atoms with Crippen molar-refractivity contribution in [2.24, 2.45) is 0 Å². The van der Waals surface area contributed by atoms with Crippen LogP contribution in [0.4, 0.5) is 0 Å². The summed E-state index contributed by atoms with van der Waals surface area (Å²) in [6.07, 6.45) is 1.09. The van der Waals surface area contributed by atoms with Gasteiger partial charge in [-0.15, -0.1) is 0 Å². The maximum absolute atomic E-state index is 4.40. The number of fused-ring (bicyclic) bond motifs is 1. The van der Waals surface area contributed by atoms with Gasteiger partial charge in [0.2, 0.25) is 0 Å². The van der Waals surface area contributed by atoms with Crippen molar-refractivity contribution in [2.45, 2.75) is 19.9 Å². The van der Waals surface area contributed by atoms with Gasteiger partial charge in [0.1, 0.15) is 4.60 Å². The van der Waals surface area contributed by atoms with Crippen LogP contribution >= 0.6 is 15.9 Å². The van der Waals surface area contributed by atoms with Gasteiger partial charge in [-0.2, -0.15) is 5.10 Å². The standard InChI is InChI=1S/C8H12BrN3/c1-6-7-2-3-10-4-5-12(7)11-8(6)9/h10H,2-5H2,1H3. The van der Waals surface area contributed by atoms with E-state index in [9.17, 15) is 0 Å². The van der Waals surface area contributed by atoms with Crippen molar-refractivity contribution in [1.82, 2.24) is 15.1 Å². The minimum atomic E-state index is 0.988. The van der Waals surface area contributed by atoms with Gasteiger partial charge in [-0.05, 0) is 22.9 Å². The summed E-state index contributed by atoms with van der Waals surface area (Å²) in [5, 5.41) is 7.75. The summed E-state index contributed by atoms with van der Waals surface area (Å²) in [6, 6.07) is 0. The van der Waals surface area contributed by atoms with E-state index in [1.807, 2.05) is 0 Å². The molecular formula is C8H12BrN3. The Kier molecular flexibility index (Phi) is 2.19. The smallest absolute Gasteiger partial charge is 0.131 e. The van der Waals surface area contributed by atoms with E-state index >= 15 is 0 Å². The van der Waals surface area contributed by atoms with Gasteiger partial charge in [0.25, 0.3) is 0 Å². The molecule has 0 saturated heterocycles. The predicted molar refractivity (Wildman–Crippen MR) is 51.2 cm³/mol. The highest BCUT2D eigenvalue weighted by Crippen LogP contribution is 2.19. The Hall–Kier alpha value is -0.350. The second-order valence-electron chi connectivity index (χ2n) is 3.09. The lowest BCUT2D eigenvalue weighted by Gasteiger charge is -2.00. The van der Waals surface area contributed by atoms with E-state index in [1.54, 1.807) is 0 Å². The monoisotopic (exact) mass is 229 g/mol. The van der Waals surface area contributed by atoms with Crippen LogP contribution in [0, 0.1) is 6.92 Å². The van der Waals surface area contributed by atoms with Gasteiger partial charge in [0.15, 0.2) is 0 Å². The van der Waals surface area contributed by atoms with E-state index in [2.05, 4.69) is 38.0 Å². The van der Waals surface area contributed by atoms with Crippen LogP contribution in [0.2, 0.25) is 0 Å². The number of nitrogens with one attached hydrogen (secondary N) is 1. The summed E-state index contributed by atoms with van der Waals surface area (Å²) in [7, 11) is 0. The van der Waals surface area contributed by atoms with E-state index in [4.69, 9.17) is 0 Å². The predicted octanol–water partition coefficient (Wildman–Crippen LogP) is 1.10. The quantitative estimate of drug-likeness (QED) is 0.723. The number of hydrogen-bond donors (Lipinski definition) is 1. The third-order valence-corrected chi connectivity index (χ3v) is 3.05. The Morgan fingerprint density at radius 1 is 1.50 bits per heavy atom. The molecule has 0 atom stereocenters. The summed E-state index contributed by atoms with van der Waals surface area (Å²) in [5.41, 5.74) is 2.66. The van der Waals surface area contributed by atoms with Crippen LogP contribution < -0.4 is 5.32 Å². The molecule has 1 N–H and O–H groups in total. The average Bonchev–Trinajstić information content (AvgIpc) is 2.30. The summed E-state index contributed by atoms with van der Waals surface area (Å²) in [4.78, 5) is 0. The van der Waals surface area contributed by atoms with Crippen molar-refractivity contribution < 1.29 is 0 Å². The Balaban J connectivity index is 2.42. The van der Waals surface area contributed by atoms with E-state index in [1.165, 1.54) is 11.3 Å². The summed E-state index contributed by atoms with van der Waals surface area (Å²) >= 11 is 3.45. The molecule has 2 heterocycles. The zero-order valence-corrected chi connectivity index (χ0v) is 8.69. The maximum atomic E-state index is 4.40. The molecule has 0 radical (unpaired) electrons. The second-order valence-corrected chi connectivity index (χ2v) is 3.84. The number of hydrogen-bond acceptors (Lipinski definition) is 2. The molecule has 0 unspecified atom stereocenters. The molecule has 1 aliphatic heterocycles. The lowest BCUT2D eigenvalue weighted by Crippen LogP contribution is -2.17. The molecule has 0 saturated carbocycles. The Morgan fingerprint density at radius 2 is 2.33 bits per heavy atom. The van der Waals surface area contributed by atoms with Crippen molar-refractivity contribution in [1.29, 1.82) is 0 Å². The van der Waals surface area contributed by atoms with Crippen LogP contribution in [-0.2, 0) is 13.0 Å². The van der Waals surface area contributed by atoms with Crippen molar-refractivity contribution >= 4 is 15.9 Å². The third kappa shape index (κ3) is 1.29. The number of aromatic nitrogens is 2. The molecule has 2 rings (SSSR count). The van der Waals surface area contributed by atoms with Crippen molar-refractivity contribution in [2.75, 3.05) is 13.1 Å². The molecular weight excluding hydrogens is 218 g/mol. The first-order valence-corrected chi connectivity index (χ1v) is 5.01. The molecule has 4 heteroatoms. The van der Waals surface area contributed by atoms with Gasteiger partial charge in [-0.25, -0.2) is 0 Å². The molecule has 0 fully saturated rings. The topological polar surface area (TPSA) is 29.9 Å². The summed E-state index contributed by atoms with van der Waals surface area (Å²) in [5.74, 6) is 0. The van der Waals surface area contributed by atoms with Crippen LogP contribution in [0.15, 0.2) is 4.60 Å². The van der Waals surface area contributed by atoms with Gasteiger partial charge < -0.3 is 5.32 Å². The summed E-state index contributed by atoms with van der Waals surface area (Å²) in [6.45, 7) is 5.20. The molecule has 1 aromatic rings. The maximum Gasteiger partial charge on any atom is 0.131 e. The van der Waals surface area contributed by atoms with Crippen LogP contribution in [-0.4, -0.2) is 22.9 Å². The van der Waals surface area contributed by atoms with E-state index in [0.717, 1.165) is 30.7 Å². The zero-order chi connectivity index (χ0) is 8.55. The van der Waals surface area contributed by atoms with E-state index in [-0.39, 0.29) is 0 Å². The molecule has 0 aliphatic carbocycles. The molecule has 12 heavy (non-hydrogen) atoms. The van der Waals surface area contributed by atoms with Gasteiger partial charge in [0, 0.05) is 30.8 Å². The van der Waals surface area contributed by atoms with E-state index in [0.29, 0.717) is 0 Å². The molecule has 0 bridgehead atoms. The SMILES string of the molecule is Cc1c(Br)nn2c1CCNCC2. The second kappa shape index (κ2) is 3.18. The van der Waals surface area contributed by atoms with E-state index < -0.39 is 0 Å². The summed E-state index contributed by atoms with van der Waals surface area (Å²) < 4.78 is 3.10. The minimum Gasteiger partial charge on any atom is -0.315 e. The van der Waals surface area contributed by atoms with Gasteiger partial charge in [-0.1, -0.05) is 0 Å². The molecule has 66 valence electrons. The highest BCUT2D eigenvalue weighted by molar-refractivity contribution is 9.10. The number of halogens is 1.